The molecule has 0 N–H and O–H groups in total. The smallest absolute Gasteiger partial charge is 0.366 e. The van der Waals surface area contributed by atoms with Crippen LogP contribution in [0, 0.1) is 13.8 Å². The second kappa shape index (κ2) is 5.38. The van der Waals surface area contributed by atoms with Crippen LogP contribution >= 0.6 is 0 Å². The monoisotopic (exact) mass is 314 g/mol. The number of aromatic nitrogens is 4. The molecule has 3 heterocycles. The molecule has 6 nitrogen and oxygen atoms in total. The number of hydrogen-bond donors (Lipinski definition) is 0. The number of rotatable bonds is 2. The summed E-state index contributed by atoms with van der Waals surface area (Å²) in [6.45, 7) is 4.81. The molecule has 0 spiro atoms. The predicted octanol–water partition coefficient (Wildman–Crippen LogP) is 1.43. The van der Waals surface area contributed by atoms with Crippen LogP contribution in [0.25, 0.3) is 5.65 Å². The maximum Gasteiger partial charge on any atom is 0.401 e. The Morgan fingerprint density at radius 2 is 1.82 bits per heavy atom. The van der Waals surface area contributed by atoms with Gasteiger partial charge in [0.05, 0.1) is 17.9 Å². The Bertz CT molecular complexity index is 672. The van der Waals surface area contributed by atoms with Gasteiger partial charge in [-0.15, -0.1) is 10.2 Å². The Labute approximate surface area is 125 Å². The average Bonchev–Trinajstić information content (AvgIpc) is 2.87. The zero-order valence-electron chi connectivity index (χ0n) is 12.4. The number of halogens is 3. The molecule has 1 aliphatic heterocycles. The molecular weight excluding hydrogens is 297 g/mol. The van der Waals surface area contributed by atoms with Crippen LogP contribution in [0.5, 0.6) is 0 Å². The molecule has 1 aliphatic rings. The van der Waals surface area contributed by atoms with E-state index in [0.717, 1.165) is 16.9 Å². The predicted molar refractivity (Wildman–Crippen MR) is 75.0 cm³/mol. The van der Waals surface area contributed by atoms with Crippen molar-refractivity contribution in [2.24, 2.45) is 0 Å². The van der Waals surface area contributed by atoms with Gasteiger partial charge in [-0.1, -0.05) is 0 Å². The summed E-state index contributed by atoms with van der Waals surface area (Å²) in [6.07, 6.45) is -2.61. The van der Waals surface area contributed by atoms with Gasteiger partial charge >= 0.3 is 6.18 Å². The van der Waals surface area contributed by atoms with Crippen LogP contribution in [0.1, 0.15) is 11.3 Å². The number of hydrogen-bond acceptors (Lipinski definition) is 5. The molecule has 120 valence electrons. The Balaban J connectivity index is 1.82. The van der Waals surface area contributed by atoms with E-state index >= 15 is 0 Å². The van der Waals surface area contributed by atoms with Crippen LogP contribution in [0.4, 0.5) is 18.9 Å². The maximum atomic E-state index is 12.5. The molecule has 2 aromatic heterocycles. The highest BCUT2D eigenvalue weighted by atomic mass is 19.4. The van der Waals surface area contributed by atoms with Crippen LogP contribution in [-0.4, -0.2) is 63.6 Å². The highest BCUT2D eigenvalue weighted by Crippen LogP contribution is 2.27. The normalized spacial score (nSPS) is 17.4. The fraction of sp³-hybridized carbons (Fsp3) is 0.615. The van der Waals surface area contributed by atoms with Crippen molar-refractivity contribution in [3.8, 4) is 0 Å². The number of alkyl halides is 3. The van der Waals surface area contributed by atoms with Gasteiger partial charge in [0.25, 0.3) is 0 Å². The zero-order valence-corrected chi connectivity index (χ0v) is 12.4. The minimum Gasteiger partial charge on any atom is -0.366 e. The molecule has 1 saturated heterocycles. The molecule has 0 radical (unpaired) electrons. The second-order valence-electron chi connectivity index (χ2n) is 5.54. The van der Waals surface area contributed by atoms with Gasteiger partial charge < -0.3 is 4.90 Å². The van der Waals surface area contributed by atoms with E-state index in [1.807, 2.05) is 13.8 Å². The third kappa shape index (κ3) is 2.85. The molecule has 9 heteroatoms. The van der Waals surface area contributed by atoms with Crippen molar-refractivity contribution in [2.75, 3.05) is 37.6 Å². The van der Waals surface area contributed by atoms with Crippen molar-refractivity contribution in [3.05, 3.63) is 17.6 Å². The minimum atomic E-state index is -4.15. The van der Waals surface area contributed by atoms with Crippen LogP contribution < -0.4 is 4.90 Å². The van der Waals surface area contributed by atoms with Gasteiger partial charge in [-0.3, -0.25) is 4.90 Å². The lowest BCUT2D eigenvalue weighted by atomic mass is 10.1. The lowest BCUT2D eigenvalue weighted by molar-refractivity contribution is -0.146. The summed E-state index contributed by atoms with van der Waals surface area (Å²) in [4.78, 5) is 3.50. The van der Waals surface area contributed by atoms with Gasteiger partial charge in [-0.25, -0.2) is 0 Å². The van der Waals surface area contributed by atoms with Crippen LogP contribution in [-0.2, 0) is 0 Å². The minimum absolute atomic E-state index is 0.376. The molecule has 1 fully saturated rings. The Hall–Kier alpha value is -1.90. The van der Waals surface area contributed by atoms with E-state index in [4.69, 9.17) is 0 Å². The SMILES string of the molecule is Cc1nn2cnnc2c(N2CCN(CC(F)(F)F)CC2)c1C. The fourth-order valence-corrected chi connectivity index (χ4v) is 2.80. The summed E-state index contributed by atoms with van der Waals surface area (Å²) in [5, 5.41) is 12.3. The van der Waals surface area contributed by atoms with Crippen LogP contribution in [0.3, 0.4) is 0 Å². The van der Waals surface area contributed by atoms with Crippen molar-refractivity contribution < 1.29 is 13.2 Å². The summed E-state index contributed by atoms with van der Waals surface area (Å²) in [7, 11) is 0. The average molecular weight is 314 g/mol. The molecule has 22 heavy (non-hydrogen) atoms. The lowest BCUT2D eigenvalue weighted by Crippen LogP contribution is -2.49. The summed E-state index contributed by atoms with van der Waals surface area (Å²) >= 11 is 0. The Morgan fingerprint density at radius 3 is 2.45 bits per heavy atom. The number of anilines is 1. The van der Waals surface area contributed by atoms with E-state index in [1.54, 1.807) is 4.52 Å². The first-order valence-corrected chi connectivity index (χ1v) is 7.06. The van der Waals surface area contributed by atoms with Gasteiger partial charge in [0.2, 0.25) is 5.65 Å². The third-order valence-electron chi connectivity index (χ3n) is 3.99. The summed E-state index contributed by atoms with van der Waals surface area (Å²) in [6, 6.07) is 0. The summed E-state index contributed by atoms with van der Waals surface area (Å²) in [5.74, 6) is 0. The van der Waals surface area contributed by atoms with Gasteiger partial charge in [0, 0.05) is 26.2 Å². The van der Waals surface area contributed by atoms with E-state index in [-0.39, 0.29) is 0 Å². The highest BCUT2D eigenvalue weighted by Gasteiger charge is 2.32. The summed E-state index contributed by atoms with van der Waals surface area (Å²) < 4.78 is 39.0. The number of aryl methyl sites for hydroxylation is 1. The molecule has 0 aliphatic carbocycles. The largest absolute Gasteiger partial charge is 0.401 e. The standard InChI is InChI=1S/C13H17F3N6/c1-9-10(2)19-22-8-17-18-12(22)11(9)21-5-3-20(4-6-21)7-13(14,15)16/h8H,3-7H2,1-2H3. The van der Waals surface area contributed by atoms with E-state index in [0.29, 0.717) is 31.8 Å². The summed E-state index contributed by atoms with van der Waals surface area (Å²) in [5.41, 5.74) is 3.41. The molecule has 0 bridgehead atoms. The number of nitrogens with zero attached hydrogens (tertiary/aromatic N) is 6. The van der Waals surface area contributed by atoms with Crippen LogP contribution in [0.2, 0.25) is 0 Å². The molecule has 0 atom stereocenters. The van der Waals surface area contributed by atoms with Gasteiger partial charge in [-0.05, 0) is 19.4 Å². The van der Waals surface area contributed by atoms with Crippen LogP contribution in [0.15, 0.2) is 6.33 Å². The molecule has 3 rings (SSSR count). The molecular formula is C13H17F3N6. The number of piperazine rings is 1. The third-order valence-corrected chi connectivity index (χ3v) is 3.99. The molecule has 0 amide bonds. The fourth-order valence-electron chi connectivity index (χ4n) is 2.80. The molecule has 0 aromatic carbocycles. The molecule has 0 unspecified atom stereocenters. The van der Waals surface area contributed by atoms with Crippen molar-refractivity contribution in [1.29, 1.82) is 0 Å². The van der Waals surface area contributed by atoms with Gasteiger partial charge in [-0.2, -0.15) is 22.8 Å². The van der Waals surface area contributed by atoms with Crippen molar-refractivity contribution in [1.82, 2.24) is 24.7 Å². The van der Waals surface area contributed by atoms with Gasteiger partial charge in [0.15, 0.2) is 0 Å². The topological polar surface area (TPSA) is 49.6 Å². The van der Waals surface area contributed by atoms with E-state index in [1.165, 1.54) is 11.2 Å². The lowest BCUT2D eigenvalue weighted by Gasteiger charge is -2.37. The van der Waals surface area contributed by atoms with Crippen molar-refractivity contribution in [3.63, 3.8) is 0 Å². The first-order valence-electron chi connectivity index (χ1n) is 7.06. The maximum absolute atomic E-state index is 12.5. The van der Waals surface area contributed by atoms with Crippen molar-refractivity contribution >= 4 is 11.3 Å². The Kier molecular flexibility index (Phi) is 3.67. The molecule has 2 aromatic rings. The van der Waals surface area contributed by atoms with E-state index in [9.17, 15) is 13.2 Å². The first kappa shape index (κ1) is 15.0. The van der Waals surface area contributed by atoms with Crippen molar-refractivity contribution in [2.45, 2.75) is 20.0 Å². The quantitative estimate of drug-likeness (QED) is 0.839. The van der Waals surface area contributed by atoms with E-state index in [2.05, 4.69) is 20.2 Å². The zero-order chi connectivity index (χ0) is 15.9. The first-order chi connectivity index (χ1) is 10.3. The number of fused-ring (bicyclic) bond motifs is 1. The second-order valence-corrected chi connectivity index (χ2v) is 5.54. The Morgan fingerprint density at radius 1 is 1.14 bits per heavy atom. The van der Waals surface area contributed by atoms with Gasteiger partial charge in [0.1, 0.15) is 6.33 Å². The van der Waals surface area contributed by atoms with E-state index < -0.39 is 12.7 Å². The highest BCUT2D eigenvalue weighted by molar-refractivity contribution is 5.72. The molecule has 0 saturated carbocycles.